The van der Waals surface area contributed by atoms with Crippen LogP contribution < -0.4 is 15.6 Å². The summed E-state index contributed by atoms with van der Waals surface area (Å²) in [7, 11) is 0. The Hall–Kier alpha value is -3.12. The molecule has 30 heavy (non-hydrogen) atoms. The van der Waals surface area contributed by atoms with Crippen molar-refractivity contribution in [2.75, 3.05) is 5.32 Å². The minimum atomic E-state index is -0.816. The van der Waals surface area contributed by atoms with Gasteiger partial charge in [-0.05, 0) is 63.4 Å². The van der Waals surface area contributed by atoms with E-state index in [0.717, 1.165) is 27.9 Å². The fourth-order valence-electron chi connectivity index (χ4n) is 3.28. The highest BCUT2D eigenvalue weighted by Crippen LogP contribution is 2.23. The van der Waals surface area contributed by atoms with Gasteiger partial charge in [-0.2, -0.15) is 4.68 Å². The van der Waals surface area contributed by atoms with E-state index in [-0.39, 0.29) is 17.3 Å². The first-order valence-corrected chi connectivity index (χ1v) is 9.96. The van der Waals surface area contributed by atoms with E-state index in [1.165, 1.54) is 16.8 Å². The molecule has 3 rings (SSSR count). The Morgan fingerprint density at radius 3 is 2.37 bits per heavy atom. The summed E-state index contributed by atoms with van der Waals surface area (Å²) >= 11 is 6.07. The Morgan fingerprint density at radius 2 is 1.70 bits per heavy atom. The largest absolute Gasteiger partial charge is 0.463 e. The van der Waals surface area contributed by atoms with Crippen molar-refractivity contribution >= 4 is 23.2 Å². The third-order valence-electron chi connectivity index (χ3n) is 4.77. The molecule has 1 amide bonds. The summed E-state index contributed by atoms with van der Waals surface area (Å²) < 4.78 is 6.94. The van der Waals surface area contributed by atoms with Gasteiger partial charge in [0.25, 0.3) is 11.5 Å². The number of carbonyl (C=O) groups excluding carboxylic acids is 1. The SMILES string of the molecule is Cc1cc(C)c(NC(=O)C(C)Oc2ccc(=O)n(-c3cc(Cl)ccc3C)n2)c(C)c1. The summed E-state index contributed by atoms with van der Waals surface area (Å²) in [4.78, 5) is 25.0. The second-order valence-electron chi connectivity index (χ2n) is 7.38. The van der Waals surface area contributed by atoms with Crippen molar-refractivity contribution in [2.45, 2.75) is 40.7 Å². The Balaban J connectivity index is 1.82. The molecule has 0 aliphatic carbocycles. The van der Waals surface area contributed by atoms with Crippen LogP contribution in [0.5, 0.6) is 5.88 Å². The Labute approximate surface area is 180 Å². The van der Waals surface area contributed by atoms with E-state index in [4.69, 9.17) is 16.3 Å². The minimum absolute atomic E-state index is 0.161. The van der Waals surface area contributed by atoms with Crippen molar-refractivity contribution in [3.8, 4) is 11.6 Å². The van der Waals surface area contributed by atoms with Gasteiger partial charge in [0.1, 0.15) is 0 Å². The predicted molar refractivity (Wildman–Crippen MR) is 119 cm³/mol. The number of benzene rings is 2. The zero-order valence-electron chi connectivity index (χ0n) is 17.6. The monoisotopic (exact) mass is 425 g/mol. The molecule has 2 aromatic carbocycles. The maximum absolute atomic E-state index is 12.7. The Bertz CT molecular complexity index is 1150. The molecule has 0 radical (unpaired) electrons. The molecule has 0 fully saturated rings. The lowest BCUT2D eigenvalue weighted by Crippen LogP contribution is -2.32. The van der Waals surface area contributed by atoms with Gasteiger partial charge in [0.05, 0.1) is 5.69 Å². The molecule has 7 heteroatoms. The quantitative estimate of drug-likeness (QED) is 0.652. The van der Waals surface area contributed by atoms with E-state index in [1.54, 1.807) is 19.1 Å². The maximum Gasteiger partial charge on any atom is 0.271 e. The molecule has 1 heterocycles. The minimum Gasteiger partial charge on any atom is -0.463 e. The maximum atomic E-state index is 12.7. The number of rotatable bonds is 5. The summed E-state index contributed by atoms with van der Waals surface area (Å²) in [5, 5.41) is 7.68. The highest BCUT2D eigenvalue weighted by Gasteiger charge is 2.18. The van der Waals surface area contributed by atoms with Gasteiger partial charge in [-0.1, -0.05) is 35.4 Å². The second kappa shape index (κ2) is 8.71. The van der Waals surface area contributed by atoms with Gasteiger partial charge < -0.3 is 10.1 Å². The molecular weight excluding hydrogens is 402 g/mol. The van der Waals surface area contributed by atoms with E-state index >= 15 is 0 Å². The van der Waals surface area contributed by atoms with Crippen molar-refractivity contribution in [1.29, 1.82) is 0 Å². The average molecular weight is 426 g/mol. The standard InChI is InChI=1S/C23H24ClN3O3/c1-13-10-15(3)22(16(4)11-13)25-23(29)17(5)30-20-8-9-21(28)27(26-20)19-12-18(24)7-6-14(19)2/h6-12,17H,1-5H3,(H,25,29). The van der Waals surface area contributed by atoms with Gasteiger partial charge in [0.2, 0.25) is 5.88 Å². The molecule has 6 nitrogen and oxygen atoms in total. The number of nitrogens with one attached hydrogen (secondary N) is 1. The summed E-state index contributed by atoms with van der Waals surface area (Å²) in [5.41, 5.74) is 4.94. The number of halogens is 1. The van der Waals surface area contributed by atoms with E-state index < -0.39 is 6.10 Å². The van der Waals surface area contributed by atoms with Crippen LogP contribution >= 0.6 is 11.6 Å². The number of hydrogen-bond donors (Lipinski definition) is 1. The summed E-state index contributed by atoms with van der Waals surface area (Å²) in [6, 6.07) is 12.0. The molecule has 0 aliphatic rings. The number of aryl methyl sites for hydroxylation is 4. The number of ether oxygens (including phenoxy) is 1. The predicted octanol–water partition coefficient (Wildman–Crippen LogP) is 4.53. The zero-order valence-corrected chi connectivity index (χ0v) is 18.4. The first kappa shape index (κ1) is 21.6. The molecule has 0 saturated carbocycles. The third-order valence-corrected chi connectivity index (χ3v) is 5.00. The number of carbonyl (C=O) groups is 1. The van der Waals surface area contributed by atoms with Crippen LogP contribution in [0, 0.1) is 27.7 Å². The summed E-state index contributed by atoms with van der Waals surface area (Å²) in [6.07, 6.45) is -0.816. The van der Waals surface area contributed by atoms with Crippen LogP contribution in [0.25, 0.3) is 5.69 Å². The summed E-state index contributed by atoms with van der Waals surface area (Å²) in [6.45, 7) is 9.41. The highest BCUT2D eigenvalue weighted by molar-refractivity contribution is 6.30. The van der Waals surface area contributed by atoms with Crippen LogP contribution in [0.4, 0.5) is 5.69 Å². The molecule has 0 spiro atoms. The van der Waals surface area contributed by atoms with Gasteiger partial charge >= 0.3 is 0 Å². The van der Waals surface area contributed by atoms with E-state index in [9.17, 15) is 9.59 Å². The van der Waals surface area contributed by atoms with Gasteiger partial charge in [0.15, 0.2) is 6.10 Å². The molecule has 0 bridgehead atoms. The Kier molecular flexibility index (Phi) is 6.27. The smallest absolute Gasteiger partial charge is 0.271 e. The molecule has 156 valence electrons. The van der Waals surface area contributed by atoms with Crippen molar-refractivity contribution in [3.05, 3.63) is 80.1 Å². The van der Waals surface area contributed by atoms with Gasteiger partial charge in [-0.15, -0.1) is 5.10 Å². The van der Waals surface area contributed by atoms with Crippen molar-refractivity contribution in [1.82, 2.24) is 9.78 Å². The molecule has 1 N–H and O–H groups in total. The molecule has 1 unspecified atom stereocenters. The van der Waals surface area contributed by atoms with Crippen molar-refractivity contribution < 1.29 is 9.53 Å². The Morgan fingerprint density at radius 1 is 1.03 bits per heavy atom. The van der Waals surface area contributed by atoms with Gasteiger partial charge in [-0.3, -0.25) is 9.59 Å². The molecule has 1 atom stereocenters. The van der Waals surface area contributed by atoms with Crippen molar-refractivity contribution in [2.24, 2.45) is 0 Å². The highest BCUT2D eigenvalue weighted by atomic mass is 35.5. The van der Waals surface area contributed by atoms with E-state index in [2.05, 4.69) is 10.4 Å². The normalized spacial score (nSPS) is 11.8. The lowest BCUT2D eigenvalue weighted by atomic mass is 10.0. The van der Waals surface area contributed by atoms with Crippen LogP contribution in [-0.2, 0) is 4.79 Å². The van der Waals surface area contributed by atoms with Crippen LogP contribution in [-0.4, -0.2) is 21.8 Å². The number of anilines is 1. The van der Waals surface area contributed by atoms with Crippen molar-refractivity contribution in [3.63, 3.8) is 0 Å². The van der Waals surface area contributed by atoms with Crippen LogP contribution in [0.15, 0.2) is 47.3 Å². The number of aromatic nitrogens is 2. The second-order valence-corrected chi connectivity index (χ2v) is 7.81. The first-order valence-electron chi connectivity index (χ1n) is 9.58. The fraction of sp³-hybridized carbons (Fsp3) is 0.261. The topological polar surface area (TPSA) is 73.2 Å². The molecular formula is C23H24ClN3O3. The van der Waals surface area contributed by atoms with E-state index in [0.29, 0.717) is 10.7 Å². The lowest BCUT2D eigenvalue weighted by molar-refractivity contribution is -0.122. The number of hydrogen-bond acceptors (Lipinski definition) is 4. The number of amides is 1. The average Bonchev–Trinajstić information content (AvgIpc) is 2.68. The van der Waals surface area contributed by atoms with Crippen LogP contribution in [0.3, 0.4) is 0 Å². The number of nitrogens with zero attached hydrogens (tertiary/aromatic N) is 2. The molecule has 0 saturated heterocycles. The summed E-state index contributed by atoms with van der Waals surface area (Å²) in [5.74, 6) is -0.141. The van der Waals surface area contributed by atoms with Gasteiger partial charge in [0, 0.05) is 22.8 Å². The fourth-order valence-corrected chi connectivity index (χ4v) is 3.44. The molecule has 1 aromatic heterocycles. The third kappa shape index (κ3) is 4.71. The van der Waals surface area contributed by atoms with Crippen LogP contribution in [0.1, 0.15) is 29.2 Å². The molecule has 0 aliphatic heterocycles. The molecule has 3 aromatic rings. The van der Waals surface area contributed by atoms with Gasteiger partial charge in [-0.25, -0.2) is 0 Å². The zero-order chi connectivity index (χ0) is 22.0. The van der Waals surface area contributed by atoms with E-state index in [1.807, 2.05) is 45.9 Å². The first-order chi connectivity index (χ1) is 14.2. The lowest BCUT2D eigenvalue weighted by Gasteiger charge is -2.17. The van der Waals surface area contributed by atoms with Crippen LogP contribution in [0.2, 0.25) is 5.02 Å².